The van der Waals surface area contributed by atoms with Crippen molar-refractivity contribution < 1.29 is 5.11 Å². The minimum Gasteiger partial charge on any atom is -0.388 e. The summed E-state index contributed by atoms with van der Waals surface area (Å²) in [6, 6.07) is 6.45. The van der Waals surface area contributed by atoms with E-state index in [2.05, 4.69) is 41.6 Å². The lowest BCUT2D eigenvalue weighted by molar-refractivity contribution is 0.265. The van der Waals surface area contributed by atoms with Crippen molar-refractivity contribution >= 4 is 11.0 Å². The molecule has 0 atom stereocenters. The highest BCUT2D eigenvalue weighted by molar-refractivity contribution is 5.76. The number of aliphatic hydroxyl groups excluding tert-OH is 1. The first kappa shape index (κ1) is 15.0. The number of hydrogen-bond donors (Lipinski definition) is 1. The highest BCUT2D eigenvalue weighted by atomic mass is 16.3. The summed E-state index contributed by atoms with van der Waals surface area (Å²) in [5, 5.41) is 9.50. The summed E-state index contributed by atoms with van der Waals surface area (Å²) in [4.78, 5) is 4.57. The van der Waals surface area contributed by atoms with Crippen molar-refractivity contribution in [1.82, 2.24) is 9.55 Å². The van der Waals surface area contributed by atoms with Crippen LogP contribution in [-0.4, -0.2) is 14.7 Å². The molecule has 0 saturated heterocycles. The molecule has 3 heteroatoms. The van der Waals surface area contributed by atoms with Gasteiger partial charge in [-0.05, 0) is 30.5 Å². The smallest absolute Gasteiger partial charge is 0.135 e. The van der Waals surface area contributed by atoms with E-state index in [9.17, 15) is 5.11 Å². The van der Waals surface area contributed by atoms with Crippen LogP contribution in [0.2, 0.25) is 0 Å². The number of aliphatic hydroxyl groups is 1. The molecule has 0 spiro atoms. The topological polar surface area (TPSA) is 38.0 Å². The van der Waals surface area contributed by atoms with Gasteiger partial charge in [-0.1, -0.05) is 45.6 Å². The molecule has 0 bridgehead atoms. The predicted octanol–water partition coefficient (Wildman–Crippen LogP) is 4.06. The fourth-order valence-electron chi connectivity index (χ4n) is 2.69. The third-order valence-corrected chi connectivity index (χ3v) is 3.93. The van der Waals surface area contributed by atoms with Crippen molar-refractivity contribution in [1.29, 1.82) is 0 Å². The van der Waals surface area contributed by atoms with Crippen LogP contribution in [0, 0.1) is 0 Å². The summed E-state index contributed by atoms with van der Waals surface area (Å²) < 4.78 is 2.18. The molecule has 3 nitrogen and oxygen atoms in total. The second-order valence-corrected chi connectivity index (χ2v) is 5.43. The first-order valence-corrected chi connectivity index (χ1v) is 7.89. The number of nitrogens with zero attached hydrogens (tertiary/aromatic N) is 2. The van der Waals surface area contributed by atoms with Crippen LogP contribution in [-0.2, 0) is 19.6 Å². The Morgan fingerprint density at radius 3 is 2.60 bits per heavy atom. The fraction of sp³-hybridized carbons (Fsp3) is 0.588. The van der Waals surface area contributed by atoms with Gasteiger partial charge in [-0.15, -0.1) is 0 Å². The Balaban J connectivity index is 2.13. The zero-order valence-electron chi connectivity index (χ0n) is 12.7. The van der Waals surface area contributed by atoms with Crippen molar-refractivity contribution in [2.24, 2.45) is 0 Å². The van der Waals surface area contributed by atoms with Crippen LogP contribution in [0.4, 0.5) is 0 Å². The summed E-state index contributed by atoms with van der Waals surface area (Å²) in [6.45, 7) is 5.37. The molecule has 0 unspecified atom stereocenters. The first-order valence-electron chi connectivity index (χ1n) is 7.89. The highest BCUT2D eigenvalue weighted by Gasteiger charge is 2.09. The van der Waals surface area contributed by atoms with Gasteiger partial charge < -0.3 is 9.67 Å². The Morgan fingerprint density at radius 2 is 1.90 bits per heavy atom. The molecular weight excluding hydrogens is 248 g/mol. The van der Waals surface area contributed by atoms with Crippen molar-refractivity contribution in [3.63, 3.8) is 0 Å². The lowest BCUT2D eigenvalue weighted by Gasteiger charge is -2.08. The molecule has 1 N–H and O–H groups in total. The summed E-state index contributed by atoms with van der Waals surface area (Å²) >= 11 is 0. The Bertz CT molecular complexity index is 545. The Labute approximate surface area is 121 Å². The molecule has 1 aromatic carbocycles. The van der Waals surface area contributed by atoms with Gasteiger partial charge >= 0.3 is 0 Å². The normalized spacial score (nSPS) is 11.3. The molecular formula is C17H26N2O. The van der Waals surface area contributed by atoms with E-state index in [0.29, 0.717) is 0 Å². The lowest BCUT2D eigenvalue weighted by atomic mass is 10.1. The molecule has 0 radical (unpaired) electrons. The number of aromatic nitrogens is 2. The van der Waals surface area contributed by atoms with Crippen molar-refractivity contribution in [2.45, 2.75) is 65.5 Å². The summed E-state index contributed by atoms with van der Waals surface area (Å²) in [5.74, 6) is 0.795. The molecule has 0 saturated carbocycles. The van der Waals surface area contributed by atoms with E-state index in [1.54, 1.807) is 0 Å². The third kappa shape index (κ3) is 3.40. The van der Waals surface area contributed by atoms with E-state index in [1.165, 1.54) is 31.2 Å². The average molecular weight is 274 g/mol. The zero-order chi connectivity index (χ0) is 14.4. The number of hydrogen-bond acceptors (Lipinski definition) is 2. The maximum atomic E-state index is 9.50. The molecule has 110 valence electrons. The molecule has 1 heterocycles. The van der Waals surface area contributed by atoms with Crippen LogP contribution in [0.3, 0.4) is 0 Å². The van der Waals surface area contributed by atoms with E-state index in [1.807, 2.05) is 0 Å². The van der Waals surface area contributed by atoms with Gasteiger partial charge in [0.1, 0.15) is 12.4 Å². The van der Waals surface area contributed by atoms with Gasteiger partial charge in [0.2, 0.25) is 0 Å². The van der Waals surface area contributed by atoms with Crippen LogP contribution in [0.1, 0.15) is 57.3 Å². The number of rotatable bonds is 8. The second-order valence-electron chi connectivity index (χ2n) is 5.43. The molecule has 2 rings (SSSR count). The van der Waals surface area contributed by atoms with Gasteiger partial charge in [-0.25, -0.2) is 4.98 Å². The molecule has 1 aromatic heterocycles. The number of fused-ring (bicyclic) bond motifs is 1. The monoisotopic (exact) mass is 274 g/mol. The maximum Gasteiger partial charge on any atom is 0.135 e. The van der Waals surface area contributed by atoms with Gasteiger partial charge in [0.25, 0.3) is 0 Å². The minimum absolute atomic E-state index is 0.0189. The largest absolute Gasteiger partial charge is 0.388 e. The van der Waals surface area contributed by atoms with Crippen molar-refractivity contribution in [3.05, 3.63) is 29.6 Å². The van der Waals surface area contributed by atoms with Crippen LogP contribution in [0.25, 0.3) is 11.0 Å². The molecule has 0 aliphatic carbocycles. The van der Waals surface area contributed by atoms with E-state index in [0.717, 1.165) is 36.2 Å². The molecule has 0 fully saturated rings. The predicted molar refractivity (Wildman–Crippen MR) is 83.8 cm³/mol. The third-order valence-electron chi connectivity index (χ3n) is 3.93. The number of aryl methyl sites for hydroxylation is 2. The zero-order valence-corrected chi connectivity index (χ0v) is 12.7. The minimum atomic E-state index is 0.0189. The van der Waals surface area contributed by atoms with Crippen molar-refractivity contribution in [3.8, 4) is 0 Å². The van der Waals surface area contributed by atoms with Crippen LogP contribution >= 0.6 is 0 Å². The van der Waals surface area contributed by atoms with Gasteiger partial charge in [0.15, 0.2) is 0 Å². The average Bonchev–Trinajstić information content (AvgIpc) is 2.84. The van der Waals surface area contributed by atoms with Crippen LogP contribution in [0.5, 0.6) is 0 Å². The van der Waals surface area contributed by atoms with E-state index in [4.69, 9.17) is 0 Å². The number of unbranched alkanes of at least 4 members (excludes halogenated alkanes) is 4. The Kier molecular flexibility index (Phi) is 5.60. The summed E-state index contributed by atoms with van der Waals surface area (Å²) in [7, 11) is 0. The van der Waals surface area contributed by atoms with Crippen molar-refractivity contribution in [2.75, 3.05) is 0 Å². The lowest BCUT2D eigenvalue weighted by Crippen LogP contribution is -2.04. The molecule has 0 amide bonds. The van der Waals surface area contributed by atoms with E-state index in [-0.39, 0.29) is 6.61 Å². The fourth-order valence-corrected chi connectivity index (χ4v) is 2.69. The SMILES string of the molecule is CCCCCCCn1c(CO)nc2cc(CC)ccc21. The van der Waals surface area contributed by atoms with Gasteiger partial charge in [0.05, 0.1) is 11.0 Å². The molecule has 0 aliphatic heterocycles. The summed E-state index contributed by atoms with van der Waals surface area (Å²) in [6.07, 6.45) is 7.33. The second kappa shape index (κ2) is 7.44. The number of benzene rings is 1. The molecule has 20 heavy (non-hydrogen) atoms. The Hall–Kier alpha value is -1.35. The number of imidazole rings is 1. The van der Waals surface area contributed by atoms with E-state index >= 15 is 0 Å². The van der Waals surface area contributed by atoms with Crippen LogP contribution < -0.4 is 0 Å². The highest BCUT2D eigenvalue weighted by Crippen LogP contribution is 2.19. The van der Waals surface area contributed by atoms with Crippen LogP contribution in [0.15, 0.2) is 18.2 Å². The Morgan fingerprint density at radius 1 is 1.10 bits per heavy atom. The standard InChI is InChI=1S/C17H26N2O/c1-3-5-6-7-8-11-19-16-10-9-14(4-2)12-15(16)18-17(19)13-20/h9-10,12,20H,3-8,11,13H2,1-2H3. The quantitative estimate of drug-likeness (QED) is 0.737. The maximum absolute atomic E-state index is 9.50. The van der Waals surface area contributed by atoms with E-state index < -0.39 is 0 Å². The van der Waals surface area contributed by atoms with Gasteiger partial charge in [0, 0.05) is 6.54 Å². The molecule has 0 aliphatic rings. The first-order chi connectivity index (χ1) is 9.80. The molecule has 2 aromatic rings. The summed E-state index contributed by atoms with van der Waals surface area (Å²) in [5.41, 5.74) is 3.47. The van der Waals surface area contributed by atoms with Gasteiger partial charge in [-0.2, -0.15) is 0 Å². The van der Waals surface area contributed by atoms with Gasteiger partial charge in [-0.3, -0.25) is 0 Å².